The Balaban J connectivity index is 1.46. The van der Waals surface area contributed by atoms with Gasteiger partial charge in [0.15, 0.2) is 0 Å². The highest BCUT2D eigenvalue weighted by Crippen LogP contribution is 2.30. The van der Waals surface area contributed by atoms with Gasteiger partial charge in [-0.2, -0.15) is 4.98 Å². The van der Waals surface area contributed by atoms with Gasteiger partial charge in [0, 0.05) is 49.6 Å². The first-order valence-corrected chi connectivity index (χ1v) is 14.9. The van der Waals surface area contributed by atoms with E-state index in [9.17, 15) is 13.2 Å². The number of hydrogen-bond acceptors (Lipinski definition) is 8. The molecule has 10 nitrogen and oxygen atoms in total. The van der Waals surface area contributed by atoms with E-state index >= 15 is 0 Å². The van der Waals surface area contributed by atoms with Crippen LogP contribution < -0.4 is 9.46 Å². The van der Waals surface area contributed by atoms with Gasteiger partial charge in [-0.25, -0.2) is 18.1 Å². The number of ether oxygens (including phenoxy) is 1. The highest BCUT2D eigenvalue weighted by Gasteiger charge is 2.30. The quantitative estimate of drug-likeness (QED) is 0.397. The molecule has 0 aliphatic carbocycles. The normalized spacial score (nSPS) is 18.6. The molecule has 0 saturated carbocycles. The number of rotatable bonds is 3. The van der Waals surface area contributed by atoms with Crippen LogP contribution in [-0.4, -0.2) is 71.4 Å². The second-order valence-corrected chi connectivity index (χ2v) is 12.0. The van der Waals surface area contributed by atoms with Crippen LogP contribution in [0.25, 0.3) is 11.3 Å². The van der Waals surface area contributed by atoms with Crippen molar-refractivity contribution in [3.63, 3.8) is 0 Å². The van der Waals surface area contributed by atoms with Crippen LogP contribution in [0.2, 0.25) is 0 Å². The fourth-order valence-electron chi connectivity index (χ4n) is 5.37. The zero-order valence-electron chi connectivity index (χ0n) is 22.8. The molecule has 1 unspecified atom stereocenters. The molecular formula is C30H30N6O4S. The van der Waals surface area contributed by atoms with E-state index in [-0.39, 0.29) is 28.2 Å². The maximum atomic E-state index is 13.6. The average Bonchev–Trinajstić information content (AvgIpc) is 3.14. The predicted octanol–water partition coefficient (Wildman–Crippen LogP) is 3.68. The molecule has 210 valence electrons. The fraction of sp³-hybridized carbons (Fsp3) is 0.267. The third kappa shape index (κ3) is 5.77. The summed E-state index contributed by atoms with van der Waals surface area (Å²) >= 11 is 0. The fourth-order valence-corrected chi connectivity index (χ4v) is 6.36. The van der Waals surface area contributed by atoms with E-state index in [2.05, 4.69) is 24.6 Å². The van der Waals surface area contributed by atoms with Crippen molar-refractivity contribution in [3.8, 4) is 17.1 Å². The van der Waals surface area contributed by atoms with Crippen LogP contribution in [0.15, 0.2) is 77.8 Å². The molecule has 6 rings (SSSR count). The van der Waals surface area contributed by atoms with Crippen molar-refractivity contribution in [3.05, 3.63) is 95.3 Å². The molecule has 1 fully saturated rings. The predicted molar refractivity (Wildman–Crippen MR) is 154 cm³/mol. The minimum Gasteiger partial charge on any atom is -0.471 e. The summed E-state index contributed by atoms with van der Waals surface area (Å²) in [6, 6.07) is 19.5. The Morgan fingerprint density at radius 2 is 1.76 bits per heavy atom. The van der Waals surface area contributed by atoms with Gasteiger partial charge < -0.3 is 9.64 Å². The Kier molecular flexibility index (Phi) is 7.14. The molecule has 2 aromatic carbocycles. The molecule has 4 heterocycles. The van der Waals surface area contributed by atoms with E-state index in [0.29, 0.717) is 38.4 Å². The van der Waals surface area contributed by atoms with Crippen LogP contribution in [0, 0.1) is 13.8 Å². The third-order valence-electron chi connectivity index (χ3n) is 7.32. The third-order valence-corrected chi connectivity index (χ3v) is 8.64. The van der Waals surface area contributed by atoms with Gasteiger partial charge in [-0.15, -0.1) is 0 Å². The van der Waals surface area contributed by atoms with Crippen molar-refractivity contribution < 1.29 is 17.9 Å². The summed E-state index contributed by atoms with van der Waals surface area (Å²) in [6.07, 6.45) is 1.32. The minimum absolute atomic E-state index is 0.0470. The Hall–Kier alpha value is -4.35. The Bertz CT molecular complexity index is 1690. The number of anilines is 1. The highest BCUT2D eigenvalue weighted by atomic mass is 32.2. The summed E-state index contributed by atoms with van der Waals surface area (Å²) in [4.78, 5) is 31.1. The molecule has 2 aliphatic heterocycles. The first-order valence-electron chi connectivity index (χ1n) is 13.4. The standard InChI is InChI=1S/C30H30N6O4S/c1-20-7-5-8-21(2)28(20)26-16-27-33-30(32-26)34-41(38,39)25-11-6-9-22(15-25)29(37)36-14-13-35(18-24(19-36)40-27)17-23-10-3-4-12-31-23/h3-12,15-16,24H,13-14,17-19H2,1-2H3,(H,32,33,34). The lowest BCUT2D eigenvalue weighted by Gasteiger charge is -2.25. The second-order valence-electron chi connectivity index (χ2n) is 10.4. The number of pyridine rings is 1. The van der Waals surface area contributed by atoms with Gasteiger partial charge in [-0.1, -0.05) is 30.3 Å². The lowest BCUT2D eigenvalue weighted by atomic mass is 10.00. The maximum Gasteiger partial charge on any atom is 0.264 e. The number of hydrogen-bond donors (Lipinski definition) is 1. The molecule has 1 N–H and O–H groups in total. The largest absolute Gasteiger partial charge is 0.471 e. The SMILES string of the molecule is Cc1cccc(C)c1-c1cc2nc(n1)NS(=O)(=O)c1cccc(c1)C(=O)N1CCN(Cc3ccccn3)CC(C1)O2. The van der Waals surface area contributed by atoms with Gasteiger partial charge in [-0.05, 0) is 55.3 Å². The van der Waals surface area contributed by atoms with Crippen molar-refractivity contribution in [2.45, 2.75) is 31.4 Å². The van der Waals surface area contributed by atoms with Crippen molar-refractivity contribution in [2.24, 2.45) is 0 Å². The molecule has 1 atom stereocenters. The maximum absolute atomic E-state index is 13.6. The molecular weight excluding hydrogens is 540 g/mol. The summed E-state index contributed by atoms with van der Waals surface area (Å²) in [7, 11) is -4.09. The Morgan fingerprint density at radius 3 is 2.54 bits per heavy atom. The Morgan fingerprint density at radius 1 is 0.951 bits per heavy atom. The topological polar surface area (TPSA) is 118 Å². The summed E-state index contributed by atoms with van der Waals surface area (Å²) in [5, 5.41) is 0. The first kappa shape index (κ1) is 26.9. The van der Waals surface area contributed by atoms with Gasteiger partial charge >= 0.3 is 0 Å². The van der Waals surface area contributed by atoms with Crippen LogP contribution in [0.5, 0.6) is 5.88 Å². The molecule has 1 amide bonds. The highest BCUT2D eigenvalue weighted by molar-refractivity contribution is 7.92. The average molecular weight is 571 g/mol. The number of nitrogens with one attached hydrogen (secondary N) is 1. The number of carbonyl (C=O) groups excluding carboxylic acids is 1. The first-order chi connectivity index (χ1) is 19.7. The molecule has 4 aromatic rings. The Labute approximate surface area is 239 Å². The second kappa shape index (κ2) is 10.9. The van der Waals surface area contributed by atoms with E-state index < -0.39 is 16.1 Å². The van der Waals surface area contributed by atoms with Gasteiger partial charge in [0.1, 0.15) is 6.10 Å². The molecule has 2 aromatic heterocycles. The van der Waals surface area contributed by atoms with E-state index in [1.54, 1.807) is 29.3 Å². The molecule has 2 aliphatic rings. The summed E-state index contributed by atoms with van der Waals surface area (Å²) in [5.74, 6) is -0.144. The lowest BCUT2D eigenvalue weighted by Crippen LogP contribution is -2.40. The number of amides is 1. The number of aryl methyl sites for hydroxylation is 2. The van der Waals surface area contributed by atoms with Gasteiger partial charge in [0.05, 0.1) is 22.8 Å². The van der Waals surface area contributed by atoms with Crippen molar-refractivity contribution in [2.75, 3.05) is 30.9 Å². The monoisotopic (exact) mass is 570 g/mol. The lowest BCUT2D eigenvalue weighted by molar-refractivity contribution is 0.0690. The van der Waals surface area contributed by atoms with E-state index in [1.165, 1.54) is 12.1 Å². The van der Waals surface area contributed by atoms with E-state index in [1.807, 2.05) is 50.2 Å². The minimum atomic E-state index is -4.09. The number of benzene rings is 2. The zero-order valence-corrected chi connectivity index (χ0v) is 23.6. The van der Waals surface area contributed by atoms with Crippen LogP contribution in [-0.2, 0) is 16.6 Å². The molecule has 1 saturated heterocycles. The molecule has 41 heavy (non-hydrogen) atoms. The molecule has 6 bridgehead atoms. The van der Waals surface area contributed by atoms with Gasteiger partial charge in [0.2, 0.25) is 11.8 Å². The van der Waals surface area contributed by atoms with Crippen LogP contribution in [0.1, 0.15) is 27.2 Å². The van der Waals surface area contributed by atoms with E-state index in [4.69, 9.17) is 4.74 Å². The van der Waals surface area contributed by atoms with Crippen LogP contribution in [0.4, 0.5) is 5.95 Å². The van der Waals surface area contributed by atoms with E-state index in [0.717, 1.165) is 22.4 Å². The number of carbonyl (C=O) groups is 1. The van der Waals surface area contributed by atoms with Crippen molar-refractivity contribution >= 4 is 21.9 Å². The zero-order chi connectivity index (χ0) is 28.6. The number of aromatic nitrogens is 3. The molecule has 11 heteroatoms. The molecule has 0 radical (unpaired) electrons. The van der Waals surface area contributed by atoms with Crippen LogP contribution in [0.3, 0.4) is 0 Å². The van der Waals surface area contributed by atoms with Crippen LogP contribution >= 0.6 is 0 Å². The summed E-state index contributed by atoms with van der Waals surface area (Å²) in [5.41, 5.74) is 4.60. The number of sulfonamides is 1. The number of fused-ring (bicyclic) bond motifs is 6. The molecule has 0 spiro atoms. The summed E-state index contributed by atoms with van der Waals surface area (Å²) in [6.45, 7) is 6.43. The van der Waals surface area contributed by atoms with Crippen molar-refractivity contribution in [1.82, 2.24) is 24.8 Å². The number of nitrogens with zero attached hydrogens (tertiary/aromatic N) is 5. The smallest absolute Gasteiger partial charge is 0.264 e. The summed E-state index contributed by atoms with van der Waals surface area (Å²) < 4.78 is 35.8. The van der Waals surface area contributed by atoms with Gasteiger partial charge in [0.25, 0.3) is 15.9 Å². The van der Waals surface area contributed by atoms with Gasteiger partial charge in [-0.3, -0.25) is 14.7 Å². The van der Waals surface area contributed by atoms with Crippen molar-refractivity contribution in [1.29, 1.82) is 0 Å².